The Morgan fingerprint density at radius 1 is 1.12 bits per heavy atom. The van der Waals surface area contributed by atoms with Gasteiger partial charge in [0.25, 0.3) is 5.56 Å². The first kappa shape index (κ1) is 24.7. The van der Waals surface area contributed by atoms with Gasteiger partial charge in [-0.25, -0.2) is 9.18 Å². The van der Waals surface area contributed by atoms with Crippen molar-refractivity contribution in [2.75, 3.05) is 19.8 Å². The number of amides is 2. The maximum atomic E-state index is 13.3. The van der Waals surface area contributed by atoms with Gasteiger partial charge in [-0.1, -0.05) is 18.2 Å². The van der Waals surface area contributed by atoms with Crippen LogP contribution in [0.3, 0.4) is 0 Å². The number of nitrogens with zero attached hydrogens (tertiary/aromatic N) is 1. The third-order valence-electron chi connectivity index (χ3n) is 5.06. The molecule has 180 valence electrons. The fourth-order valence-electron chi connectivity index (χ4n) is 3.26. The number of hydrogen-bond acceptors (Lipinski definition) is 6. The molecule has 1 atom stereocenters. The first-order valence-corrected chi connectivity index (χ1v) is 10.8. The summed E-state index contributed by atoms with van der Waals surface area (Å²) in [7, 11) is 0. The fourth-order valence-corrected chi connectivity index (χ4v) is 3.26. The van der Waals surface area contributed by atoms with Crippen LogP contribution >= 0.6 is 0 Å². The molecule has 0 aliphatic rings. The number of rotatable bonds is 11. The molecule has 10 heteroatoms. The predicted octanol–water partition coefficient (Wildman–Crippen LogP) is 2.45. The van der Waals surface area contributed by atoms with Crippen molar-refractivity contribution >= 4 is 22.9 Å². The van der Waals surface area contributed by atoms with Crippen molar-refractivity contribution in [2.45, 2.75) is 26.1 Å². The highest BCUT2D eigenvalue weighted by atomic mass is 19.1. The lowest BCUT2D eigenvalue weighted by atomic mass is 10.1. The Labute approximate surface area is 195 Å². The Morgan fingerprint density at radius 2 is 1.88 bits per heavy atom. The lowest BCUT2D eigenvalue weighted by Crippen LogP contribution is -2.40. The van der Waals surface area contributed by atoms with Crippen LogP contribution in [0.15, 0.2) is 59.4 Å². The van der Waals surface area contributed by atoms with Crippen molar-refractivity contribution in [2.24, 2.45) is 5.73 Å². The molecule has 0 radical (unpaired) electrons. The van der Waals surface area contributed by atoms with Gasteiger partial charge in [0, 0.05) is 31.3 Å². The summed E-state index contributed by atoms with van der Waals surface area (Å²) >= 11 is 0. The summed E-state index contributed by atoms with van der Waals surface area (Å²) in [6, 6.07) is 15.7. The maximum absolute atomic E-state index is 13.3. The van der Waals surface area contributed by atoms with Crippen LogP contribution in [0, 0.1) is 0 Å². The standard InChI is InChI=1S/C24H27FN4O5/c1-16(22(26)30)28-15-18-13-17-7-8-20(34-19-5-3-2-4-6-19)14-21(17)29(23(18)31)11-10-27-24(32)33-12-9-25/h2-8,13-14,16,28H,9-12,15H2,1H3,(H2,26,30)(H,27,32). The number of nitrogens with one attached hydrogen (secondary N) is 2. The highest BCUT2D eigenvalue weighted by Crippen LogP contribution is 2.25. The number of alkyl carbamates (subject to hydrolysis) is 1. The van der Waals surface area contributed by atoms with Gasteiger partial charge in [-0.05, 0) is 42.6 Å². The highest BCUT2D eigenvalue weighted by molar-refractivity contribution is 5.81. The summed E-state index contributed by atoms with van der Waals surface area (Å²) < 4.78 is 24.3. The van der Waals surface area contributed by atoms with Crippen molar-refractivity contribution < 1.29 is 23.5 Å². The SMILES string of the molecule is CC(NCc1cc2ccc(Oc3ccccc3)cc2n(CCNC(=O)OCCF)c1=O)C(N)=O. The molecule has 2 aromatic carbocycles. The molecule has 34 heavy (non-hydrogen) atoms. The van der Waals surface area contributed by atoms with Crippen LogP contribution in [0.5, 0.6) is 11.5 Å². The molecule has 4 N–H and O–H groups in total. The lowest BCUT2D eigenvalue weighted by Gasteiger charge is -2.16. The number of hydrogen-bond donors (Lipinski definition) is 3. The average Bonchev–Trinajstić information content (AvgIpc) is 2.83. The number of ether oxygens (including phenoxy) is 2. The summed E-state index contributed by atoms with van der Waals surface area (Å²) in [4.78, 5) is 36.2. The zero-order valence-corrected chi connectivity index (χ0v) is 18.8. The molecular weight excluding hydrogens is 443 g/mol. The van der Waals surface area contributed by atoms with E-state index in [1.54, 1.807) is 25.1 Å². The minimum atomic E-state index is -0.777. The number of carbonyl (C=O) groups excluding carboxylic acids is 2. The van der Waals surface area contributed by atoms with Gasteiger partial charge < -0.3 is 30.4 Å². The molecule has 0 saturated carbocycles. The molecule has 9 nitrogen and oxygen atoms in total. The first-order valence-electron chi connectivity index (χ1n) is 10.8. The van der Waals surface area contributed by atoms with E-state index in [1.165, 1.54) is 4.57 Å². The van der Waals surface area contributed by atoms with Crippen LogP contribution in [0.1, 0.15) is 12.5 Å². The summed E-state index contributed by atoms with van der Waals surface area (Å²) in [5.74, 6) is 0.657. The van der Waals surface area contributed by atoms with Crippen molar-refractivity contribution in [3.8, 4) is 11.5 Å². The second-order valence-corrected chi connectivity index (χ2v) is 7.52. The van der Waals surface area contributed by atoms with E-state index in [9.17, 15) is 18.8 Å². The summed E-state index contributed by atoms with van der Waals surface area (Å²) in [6.07, 6.45) is -0.767. The second-order valence-electron chi connectivity index (χ2n) is 7.52. The van der Waals surface area contributed by atoms with Gasteiger partial charge in [-0.2, -0.15) is 0 Å². The van der Waals surface area contributed by atoms with Crippen molar-refractivity contribution in [3.05, 3.63) is 70.5 Å². The molecule has 3 rings (SSSR count). The Hall–Kier alpha value is -3.92. The molecule has 0 bridgehead atoms. The number of carbonyl (C=O) groups is 2. The van der Waals surface area contributed by atoms with E-state index in [4.69, 9.17) is 10.5 Å². The zero-order valence-electron chi connectivity index (χ0n) is 18.8. The van der Waals surface area contributed by atoms with Crippen LogP contribution < -0.4 is 26.7 Å². The minimum Gasteiger partial charge on any atom is -0.457 e. The van der Waals surface area contributed by atoms with Crippen LogP contribution in [-0.2, 0) is 22.6 Å². The van der Waals surface area contributed by atoms with Gasteiger partial charge in [0.2, 0.25) is 5.91 Å². The Morgan fingerprint density at radius 3 is 2.59 bits per heavy atom. The Kier molecular flexibility index (Phi) is 8.58. The third kappa shape index (κ3) is 6.55. The van der Waals surface area contributed by atoms with Gasteiger partial charge in [0.05, 0.1) is 11.6 Å². The van der Waals surface area contributed by atoms with E-state index >= 15 is 0 Å². The van der Waals surface area contributed by atoms with E-state index in [1.807, 2.05) is 36.4 Å². The van der Waals surface area contributed by atoms with Crippen molar-refractivity contribution in [1.29, 1.82) is 0 Å². The third-order valence-corrected chi connectivity index (χ3v) is 5.06. The molecule has 1 heterocycles. The van der Waals surface area contributed by atoms with Crippen LogP contribution in [-0.4, -0.2) is 42.4 Å². The average molecular weight is 471 g/mol. The largest absolute Gasteiger partial charge is 0.457 e. The van der Waals surface area contributed by atoms with Crippen LogP contribution in [0.4, 0.5) is 9.18 Å². The quantitative estimate of drug-likeness (QED) is 0.395. The lowest BCUT2D eigenvalue weighted by molar-refractivity contribution is -0.119. The molecule has 1 unspecified atom stereocenters. The van der Waals surface area contributed by atoms with Crippen LogP contribution in [0.2, 0.25) is 0 Å². The maximum Gasteiger partial charge on any atom is 0.407 e. The van der Waals surface area contributed by atoms with E-state index < -0.39 is 24.7 Å². The van der Waals surface area contributed by atoms with Crippen LogP contribution in [0.25, 0.3) is 10.9 Å². The van der Waals surface area contributed by atoms with Gasteiger partial charge in [-0.15, -0.1) is 0 Å². The normalized spacial score (nSPS) is 11.7. The topological polar surface area (TPSA) is 125 Å². The smallest absolute Gasteiger partial charge is 0.407 e. The summed E-state index contributed by atoms with van der Waals surface area (Å²) in [6.45, 7) is 0.844. The molecule has 2 amide bonds. The number of halogens is 1. The van der Waals surface area contributed by atoms with E-state index in [-0.39, 0.29) is 31.8 Å². The Bertz CT molecular complexity index is 1200. The van der Waals surface area contributed by atoms with E-state index in [0.717, 1.165) is 5.39 Å². The summed E-state index contributed by atoms with van der Waals surface area (Å²) in [5.41, 5.74) is 6.02. The number of aromatic nitrogens is 1. The zero-order chi connectivity index (χ0) is 24.5. The van der Waals surface area contributed by atoms with Gasteiger partial charge >= 0.3 is 6.09 Å². The van der Waals surface area contributed by atoms with Gasteiger partial charge in [0.15, 0.2) is 0 Å². The van der Waals surface area contributed by atoms with E-state index in [0.29, 0.717) is 22.6 Å². The van der Waals surface area contributed by atoms with E-state index in [2.05, 4.69) is 15.4 Å². The monoisotopic (exact) mass is 470 g/mol. The molecule has 0 spiro atoms. The first-order chi connectivity index (χ1) is 16.4. The number of pyridine rings is 1. The molecule has 1 aromatic heterocycles. The molecular formula is C24H27FN4O5. The highest BCUT2D eigenvalue weighted by Gasteiger charge is 2.14. The van der Waals surface area contributed by atoms with Crippen molar-refractivity contribution in [3.63, 3.8) is 0 Å². The molecule has 0 saturated heterocycles. The number of fused-ring (bicyclic) bond motifs is 1. The number of primary amides is 1. The molecule has 0 aliphatic heterocycles. The number of alkyl halides is 1. The van der Waals surface area contributed by atoms with Crippen molar-refractivity contribution in [1.82, 2.24) is 15.2 Å². The molecule has 0 aliphatic carbocycles. The fraction of sp³-hybridized carbons (Fsp3) is 0.292. The van der Waals surface area contributed by atoms with Gasteiger partial charge in [-0.3, -0.25) is 9.59 Å². The van der Waals surface area contributed by atoms with Gasteiger partial charge in [0.1, 0.15) is 24.8 Å². The predicted molar refractivity (Wildman–Crippen MR) is 126 cm³/mol. The second kappa shape index (κ2) is 11.8. The number of benzene rings is 2. The number of para-hydroxylation sites is 1. The summed E-state index contributed by atoms with van der Waals surface area (Å²) in [5, 5.41) is 6.20. The Balaban J connectivity index is 1.91. The molecule has 3 aromatic rings. The molecule has 0 fully saturated rings. The number of nitrogens with two attached hydrogens (primary N) is 1. The minimum absolute atomic E-state index is 0.0818.